The van der Waals surface area contributed by atoms with Crippen molar-refractivity contribution in [1.29, 1.82) is 0 Å². The highest BCUT2D eigenvalue weighted by molar-refractivity contribution is 5.96. The van der Waals surface area contributed by atoms with E-state index in [1.807, 2.05) is 24.6 Å². The number of non-ortho nitro benzene ring substituents is 1. The summed E-state index contributed by atoms with van der Waals surface area (Å²) in [7, 11) is 1.86. The van der Waals surface area contributed by atoms with Crippen LogP contribution >= 0.6 is 0 Å². The summed E-state index contributed by atoms with van der Waals surface area (Å²) in [4.78, 5) is 22.1. The van der Waals surface area contributed by atoms with Crippen LogP contribution in [0.2, 0.25) is 0 Å². The summed E-state index contributed by atoms with van der Waals surface area (Å²) < 4.78 is 1.93. The molecule has 23 heavy (non-hydrogen) atoms. The summed E-state index contributed by atoms with van der Waals surface area (Å²) in [5, 5.41) is 21.1. The molecule has 7 heteroatoms. The van der Waals surface area contributed by atoms with E-state index in [9.17, 15) is 14.9 Å². The SMILES string of the molecule is Cc1c(CC(N)C(=O)O)c2c([N+](=O)[O-])ccc(C3CC3)c2n1C. The number of nitrogens with zero attached hydrogens (tertiary/aromatic N) is 2. The molecule has 1 unspecified atom stereocenters. The maximum absolute atomic E-state index is 11.5. The number of aryl methyl sites for hydroxylation is 1. The Balaban J connectivity index is 2.30. The first-order valence-electron chi connectivity index (χ1n) is 7.56. The smallest absolute Gasteiger partial charge is 0.320 e. The third-order valence-corrected chi connectivity index (χ3v) is 4.72. The molecule has 0 amide bonds. The van der Waals surface area contributed by atoms with Crippen molar-refractivity contribution in [2.45, 2.75) is 38.1 Å². The van der Waals surface area contributed by atoms with Crippen LogP contribution < -0.4 is 5.73 Å². The Kier molecular flexibility index (Phi) is 3.60. The van der Waals surface area contributed by atoms with Crippen LogP contribution in [0.5, 0.6) is 0 Å². The van der Waals surface area contributed by atoms with Crippen LogP contribution in [0.1, 0.15) is 35.6 Å². The lowest BCUT2D eigenvalue weighted by atomic mass is 9.99. The third kappa shape index (κ3) is 2.46. The van der Waals surface area contributed by atoms with Crippen molar-refractivity contribution >= 4 is 22.6 Å². The lowest BCUT2D eigenvalue weighted by molar-refractivity contribution is -0.383. The Morgan fingerprint density at radius 1 is 1.52 bits per heavy atom. The van der Waals surface area contributed by atoms with Gasteiger partial charge in [-0.05, 0) is 42.9 Å². The molecule has 1 aromatic carbocycles. The molecular weight excluding hydrogens is 298 g/mol. The number of nitro groups is 1. The van der Waals surface area contributed by atoms with Crippen LogP contribution in [-0.2, 0) is 18.3 Å². The van der Waals surface area contributed by atoms with Gasteiger partial charge in [0, 0.05) is 25.2 Å². The second-order valence-electron chi connectivity index (χ2n) is 6.20. The minimum absolute atomic E-state index is 0.0145. The van der Waals surface area contributed by atoms with E-state index in [4.69, 9.17) is 10.8 Å². The lowest BCUT2D eigenvalue weighted by Crippen LogP contribution is -2.32. The highest BCUT2D eigenvalue weighted by Crippen LogP contribution is 2.46. The molecular formula is C16H19N3O4. The summed E-state index contributed by atoms with van der Waals surface area (Å²) in [6.07, 6.45) is 2.25. The van der Waals surface area contributed by atoms with Crippen LogP contribution in [0, 0.1) is 17.0 Å². The lowest BCUT2D eigenvalue weighted by Gasteiger charge is -2.07. The second-order valence-corrected chi connectivity index (χ2v) is 6.20. The van der Waals surface area contributed by atoms with E-state index in [2.05, 4.69) is 0 Å². The first kappa shape index (κ1) is 15.5. The molecule has 1 atom stereocenters. The Morgan fingerprint density at radius 2 is 2.17 bits per heavy atom. The summed E-state index contributed by atoms with van der Waals surface area (Å²) >= 11 is 0. The fraction of sp³-hybridized carbons (Fsp3) is 0.438. The van der Waals surface area contributed by atoms with E-state index >= 15 is 0 Å². The van der Waals surface area contributed by atoms with Gasteiger partial charge in [0.2, 0.25) is 0 Å². The van der Waals surface area contributed by atoms with E-state index in [1.54, 1.807) is 0 Å². The van der Waals surface area contributed by atoms with E-state index < -0.39 is 16.9 Å². The second kappa shape index (κ2) is 5.34. The van der Waals surface area contributed by atoms with Crippen LogP contribution in [0.3, 0.4) is 0 Å². The molecule has 0 spiro atoms. The van der Waals surface area contributed by atoms with Crippen LogP contribution in [0.4, 0.5) is 5.69 Å². The zero-order valence-corrected chi connectivity index (χ0v) is 13.1. The fourth-order valence-corrected chi connectivity index (χ4v) is 3.24. The minimum Gasteiger partial charge on any atom is -0.480 e. The van der Waals surface area contributed by atoms with Crippen molar-refractivity contribution in [3.8, 4) is 0 Å². The average molecular weight is 317 g/mol. The number of hydrogen-bond donors (Lipinski definition) is 2. The molecule has 1 aliphatic carbocycles. The number of rotatable bonds is 5. The molecule has 0 radical (unpaired) electrons. The fourth-order valence-electron chi connectivity index (χ4n) is 3.24. The molecule has 1 fully saturated rings. The van der Waals surface area contributed by atoms with Gasteiger partial charge in [0.1, 0.15) is 6.04 Å². The van der Waals surface area contributed by atoms with Crippen LogP contribution in [0.25, 0.3) is 10.9 Å². The van der Waals surface area contributed by atoms with Gasteiger partial charge in [0.25, 0.3) is 5.69 Å². The molecule has 3 rings (SSSR count). The molecule has 1 saturated carbocycles. The highest BCUT2D eigenvalue weighted by atomic mass is 16.6. The summed E-state index contributed by atoms with van der Waals surface area (Å²) in [5.74, 6) is -0.672. The van der Waals surface area contributed by atoms with Crippen LogP contribution in [0.15, 0.2) is 12.1 Å². The quantitative estimate of drug-likeness (QED) is 0.649. The van der Waals surface area contributed by atoms with Gasteiger partial charge < -0.3 is 15.4 Å². The number of benzene rings is 1. The molecule has 0 bridgehead atoms. The van der Waals surface area contributed by atoms with Crippen molar-refractivity contribution in [3.05, 3.63) is 39.1 Å². The highest BCUT2D eigenvalue weighted by Gasteiger charge is 2.32. The zero-order valence-electron chi connectivity index (χ0n) is 13.1. The number of hydrogen-bond acceptors (Lipinski definition) is 4. The standard InChI is InChI=1S/C16H19N3O4/c1-8-11(7-12(17)16(20)21)14-13(19(22)23)6-5-10(9-3-4-9)15(14)18(8)2/h5-6,9,12H,3-4,7,17H2,1-2H3,(H,20,21). The van der Waals surface area contributed by atoms with Crippen molar-refractivity contribution in [2.24, 2.45) is 12.8 Å². The Labute approximate surface area is 132 Å². The maximum atomic E-state index is 11.5. The van der Waals surface area contributed by atoms with E-state index in [0.717, 1.165) is 29.6 Å². The molecule has 122 valence electrons. The number of carboxylic acid groups (broad SMARTS) is 1. The Morgan fingerprint density at radius 3 is 2.70 bits per heavy atom. The molecule has 0 aliphatic heterocycles. The van der Waals surface area contributed by atoms with E-state index in [1.165, 1.54) is 6.07 Å². The molecule has 1 aromatic heterocycles. The number of nitro benzene ring substituents is 1. The monoisotopic (exact) mass is 317 g/mol. The number of carboxylic acids is 1. The first-order valence-corrected chi connectivity index (χ1v) is 7.56. The molecule has 1 heterocycles. The predicted octanol–water partition coefficient (Wildman–Crippen LogP) is 2.23. The molecule has 3 N–H and O–H groups in total. The summed E-state index contributed by atoms with van der Waals surface area (Å²) in [6, 6.07) is 2.28. The molecule has 2 aromatic rings. The number of carbonyl (C=O) groups is 1. The number of aliphatic carboxylic acids is 1. The van der Waals surface area contributed by atoms with Gasteiger partial charge in [-0.25, -0.2) is 0 Å². The summed E-state index contributed by atoms with van der Waals surface area (Å²) in [5.41, 5.74) is 9.12. The topological polar surface area (TPSA) is 111 Å². The Hall–Kier alpha value is -2.41. The number of fused-ring (bicyclic) bond motifs is 1. The Bertz CT molecular complexity index is 821. The van der Waals surface area contributed by atoms with Gasteiger partial charge >= 0.3 is 5.97 Å². The zero-order chi connectivity index (χ0) is 16.9. The van der Waals surface area contributed by atoms with Gasteiger partial charge in [-0.2, -0.15) is 0 Å². The average Bonchev–Trinajstić information content (AvgIpc) is 3.30. The van der Waals surface area contributed by atoms with E-state index in [0.29, 0.717) is 16.9 Å². The molecule has 7 nitrogen and oxygen atoms in total. The van der Waals surface area contributed by atoms with Crippen molar-refractivity contribution in [2.75, 3.05) is 0 Å². The van der Waals surface area contributed by atoms with Gasteiger partial charge in [0.15, 0.2) is 0 Å². The van der Waals surface area contributed by atoms with Crippen molar-refractivity contribution < 1.29 is 14.8 Å². The largest absolute Gasteiger partial charge is 0.480 e. The van der Waals surface area contributed by atoms with Crippen molar-refractivity contribution in [3.63, 3.8) is 0 Å². The number of aromatic nitrogens is 1. The minimum atomic E-state index is -1.11. The van der Waals surface area contributed by atoms with Gasteiger partial charge in [-0.1, -0.05) is 0 Å². The summed E-state index contributed by atoms with van der Waals surface area (Å²) in [6.45, 7) is 1.85. The molecule has 1 aliphatic rings. The van der Waals surface area contributed by atoms with E-state index in [-0.39, 0.29) is 12.1 Å². The van der Waals surface area contributed by atoms with Crippen LogP contribution in [-0.4, -0.2) is 26.6 Å². The third-order valence-electron chi connectivity index (χ3n) is 4.72. The first-order chi connectivity index (χ1) is 10.8. The predicted molar refractivity (Wildman–Crippen MR) is 85.6 cm³/mol. The van der Waals surface area contributed by atoms with Gasteiger partial charge in [-0.3, -0.25) is 14.9 Å². The molecule has 0 saturated heterocycles. The maximum Gasteiger partial charge on any atom is 0.320 e. The van der Waals surface area contributed by atoms with Crippen molar-refractivity contribution in [1.82, 2.24) is 4.57 Å². The number of nitrogens with two attached hydrogens (primary N) is 1. The van der Waals surface area contributed by atoms with Gasteiger partial charge in [-0.15, -0.1) is 0 Å². The van der Waals surface area contributed by atoms with Gasteiger partial charge in [0.05, 0.1) is 15.8 Å². The normalized spacial score (nSPS) is 15.8.